The Morgan fingerprint density at radius 1 is 1.15 bits per heavy atom. The molecule has 1 aliphatic heterocycles. The third kappa shape index (κ3) is 6.78. The molecule has 2 rings (SSSR count). The predicted molar refractivity (Wildman–Crippen MR) is 138 cm³/mol. The molecule has 194 valence electrons. The second kappa shape index (κ2) is 10.2. The van der Waals surface area contributed by atoms with Gasteiger partial charge in [0.2, 0.25) is 0 Å². The van der Waals surface area contributed by atoms with E-state index in [1.165, 1.54) is 11.7 Å². The second-order valence-corrected chi connectivity index (χ2v) is 21.5. The van der Waals surface area contributed by atoms with Crippen molar-refractivity contribution < 1.29 is 23.1 Å². The Kier molecular flexibility index (Phi) is 8.62. The Hall–Kier alpha value is -1.54. The van der Waals surface area contributed by atoms with Gasteiger partial charge in [-0.05, 0) is 42.3 Å². The zero-order valence-electron chi connectivity index (χ0n) is 22.6. The molecule has 1 aliphatic rings. The van der Waals surface area contributed by atoms with Crippen molar-refractivity contribution in [2.75, 3.05) is 19.0 Å². The maximum atomic E-state index is 12.7. The Bertz CT molecular complexity index is 921. The molecule has 1 saturated heterocycles. The van der Waals surface area contributed by atoms with Crippen LogP contribution in [0.3, 0.4) is 0 Å². The molecule has 0 unspecified atom stereocenters. The minimum absolute atomic E-state index is 0.0372. The summed E-state index contributed by atoms with van der Waals surface area (Å²) in [6.45, 7) is 22.5. The summed E-state index contributed by atoms with van der Waals surface area (Å²) in [6, 6.07) is 1.55. The van der Waals surface area contributed by atoms with E-state index in [0.29, 0.717) is 13.0 Å². The third-order valence-electron chi connectivity index (χ3n) is 7.40. The van der Waals surface area contributed by atoms with Gasteiger partial charge in [-0.15, -0.1) is 0 Å². The molecule has 0 aromatic carbocycles. The van der Waals surface area contributed by atoms with Gasteiger partial charge in [0.15, 0.2) is 16.6 Å². The zero-order chi connectivity index (χ0) is 26.1. The van der Waals surface area contributed by atoms with E-state index in [4.69, 9.17) is 13.6 Å². The van der Waals surface area contributed by atoms with Crippen LogP contribution in [0.5, 0.6) is 0 Å². The Morgan fingerprint density at radius 3 is 2.24 bits per heavy atom. The van der Waals surface area contributed by atoms with Crippen LogP contribution in [-0.4, -0.2) is 58.2 Å². The van der Waals surface area contributed by atoms with Gasteiger partial charge in [-0.25, -0.2) is 9.59 Å². The van der Waals surface area contributed by atoms with Crippen LogP contribution in [0, 0.1) is 0 Å². The van der Waals surface area contributed by atoms with Crippen LogP contribution in [-0.2, 0) is 18.3 Å². The van der Waals surface area contributed by atoms with Gasteiger partial charge in [-0.1, -0.05) is 41.5 Å². The van der Waals surface area contributed by atoms with Crippen LogP contribution in [0.15, 0.2) is 17.1 Å². The summed E-state index contributed by atoms with van der Waals surface area (Å²) in [5.41, 5.74) is -0.518. The number of rotatable bonds is 7. The molecule has 0 aliphatic carbocycles. The number of carbonyl (C=O) groups is 1. The summed E-state index contributed by atoms with van der Waals surface area (Å²) in [4.78, 5) is 28.1. The molecule has 0 spiro atoms. The molecule has 1 amide bonds. The lowest BCUT2D eigenvalue weighted by atomic mass is 10.2. The van der Waals surface area contributed by atoms with Crippen molar-refractivity contribution in [3.8, 4) is 0 Å². The van der Waals surface area contributed by atoms with Crippen molar-refractivity contribution in [3.63, 3.8) is 0 Å². The molecule has 0 radical (unpaired) electrons. The Labute approximate surface area is 205 Å². The number of methoxy groups -OCH3 is 1. The summed E-state index contributed by atoms with van der Waals surface area (Å²) in [7, 11) is -2.83. The van der Waals surface area contributed by atoms with Gasteiger partial charge in [-0.2, -0.15) is 4.98 Å². The molecular weight excluding hydrogens is 470 g/mol. The number of nitrogens with one attached hydrogen (secondary N) is 1. The summed E-state index contributed by atoms with van der Waals surface area (Å²) in [6.07, 6.45) is 0.376. The predicted octanol–water partition coefficient (Wildman–Crippen LogP) is 5.12. The lowest BCUT2D eigenvalue weighted by Gasteiger charge is -2.40. The highest BCUT2D eigenvalue weighted by Gasteiger charge is 2.46. The van der Waals surface area contributed by atoms with Crippen LogP contribution < -0.4 is 11.0 Å². The first kappa shape index (κ1) is 28.7. The van der Waals surface area contributed by atoms with Crippen LogP contribution in [0.2, 0.25) is 36.3 Å². The van der Waals surface area contributed by atoms with E-state index in [1.54, 1.807) is 12.3 Å². The van der Waals surface area contributed by atoms with Gasteiger partial charge in [0.25, 0.3) is 0 Å². The van der Waals surface area contributed by atoms with E-state index in [1.807, 2.05) is 0 Å². The van der Waals surface area contributed by atoms with E-state index < -0.39 is 34.6 Å². The monoisotopic (exact) mass is 513 g/mol. The summed E-state index contributed by atoms with van der Waals surface area (Å²) < 4.78 is 25.6. The van der Waals surface area contributed by atoms with E-state index >= 15 is 0 Å². The van der Waals surface area contributed by atoms with Crippen molar-refractivity contribution >= 4 is 28.5 Å². The summed E-state index contributed by atoms with van der Waals surface area (Å²) in [5, 5.41) is 2.52. The maximum absolute atomic E-state index is 12.7. The topological polar surface area (TPSA) is 101 Å². The smallest absolute Gasteiger partial charge is 0.412 e. The van der Waals surface area contributed by atoms with Gasteiger partial charge >= 0.3 is 11.8 Å². The fourth-order valence-corrected chi connectivity index (χ4v) is 5.44. The molecule has 11 heteroatoms. The highest BCUT2D eigenvalue weighted by atomic mass is 28.4. The SMILES string of the molecule is COC(=O)Nc1ccn([C@H]2C[C@H](O[Si](C)(C)C(C)(C)C)[C@@H](CO[Si](C)(C)C(C)(C)C)O2)c(=O)n1. The standard InChI is InChI=1S/C23H43N3O6Si2/c1-22(2,3)33(8,9)30-15-17-16(32-34(10,11)23(4,5)6)14-19(31-17)26-13-12-18(24-20(26)27)25-21(28)29-7/h12-13,16-17,19H,14-15H2,1-11H3,(H,24,25,27,28)/t16-,17+,19+/m0/s1. The fourth-order valence-electron chi connectivity index (χ4n) is 3.06. The number of carbonyl (C=O) groups excluding carboxylic acids is 1. The highest BCUT2D eigenvalue weighted by molar-refractivity contribution is 6.74. The van der Waals surface area contributed by atoms with Crippen LogP contribution in [0.1, 0.15) is 54.2 Å². The largest absolute Gasteiger partial charge is 0.453 e. The average molecular weight is 514 g/mol. The molecule has 3 atom stereocenters. The Balaban J connectivity index is 2.28. The first-order chi connectivity index (χ1) is 15.4. The van der Waals surface area contributed by atoms with Crippen molar-refractivity contribution in [2.45, 2.75) is 103 Å². The number of hydrogen-bond acceptors (Lipinski definition) is 7. The lowest BCUT2D eigenvalue weighted by molar-refractivity contribution is -0.0411. The molecular formula is C23H43N3O6Si2. The van der Waals surface area contributed by atoms with Crippen molar-refractivity contribution in [2.24, 2.45) is 0 Å². The van der Waals surface area contributed by atoms with Gasteiger partial charge in [-0.3, -0.25) is 9.88 Å². The molecule has 1 N–H and O–H groups in total. The van der Waals surface area contributed by atoms with Crippen molar-refractivity contribution in [1.29, 1.82) is 0 Å². The van der Waals surface area contributed by atoms with Gasteiger partial charge < -0.3 is 18.3 Å². The quantitative estimate of drug-likeness (QED) is 0.505. The molecule has 2 heterocycles. The number of aromatic nitrogens is 2. The molecule has 1 fully saturated rings. The van der Waals surface area contributed by atoms with Crippen LogP contribution >= 0.6 is 0 Å². The normalized spacial score (nSPS) is 22.0. The lowest BCUT2D eigenvalue weighted by Crippen LogP contribution is -2.48. The van der Waals surface area contributed by atoms with E-state index in [2.05, 4.69) is 82.8 Å². The molecule has 34 heavy (non-hydrogen) atoms. The minimum Gasteiger partial charge on any atom is -0.453 e. The first-order valence-corrected chi connectivity index (χ1v) is 17.6. The van der Waals surface area contributed by atoms with E-state index in [0.717, 1.165) is 0 Å². The van der Waals surface area contributed by atoms with Gasteiger partial charge in [0, 0.05) is 12.6 Å². The molecule has 1 aromatic rings. The number of amides is 1. The Morgan fingerprint density at radius 2 is 1.74 bits per heavy atom. The summed E-state index contributed by atoms with van der Waals surface area (Å²) >= 11 is 0. The maximum Gasteiger partial charge on any atom is 0.412 e. The average Bonchev–Trinajstić information content (AvgIpc) is 3.06. The highest BCUT2D eigenvalue weighted by Crippen LogP contribution is 2.42. The third-order valence-corrected chi connectivity index (χ3v) is 16.4. The number of hydrogen-bond donors (Lipinski definition) is 1. The number of nitrogens with zero attached hydrogens (tertiary/aromatic N) is 2. The molecule has 0 saturated carbocycles. The number of ether oxygens (including phenoxy) is 2. The van der Waals surface area contributed by atoms with Gasteiger partial charge in [0.05, 0.1) is 19.8 Å². The van der Waals surface area contributed by atoms with Crippen molar-refractivity contribution in [3.05, 3.63) is 22.7 Å². The summed E-state index contributed by atoms with van der Waals surface area (Å²) in [5.74, 6) is 0.123. The second-order valence-electron chi connectivity index (χ2n) is 12.0. The fraction of sp³-hybridized carbons (Fsp3) is 0.783. The van der Waals surface area contributed by atoms with Crippen molar-refractivity contribution in [1.82, 2.24) is 9.55 Å². The van der Waals surface area contributed by atoms with Crippen LogP contribution in [0.25, 0.3) is 0 Å². The molecule has 0 bridgehead atoms. The zero-order valence-corrected chi connectivity index (χ0v) is 24.6. The molecule has 9 nitrogen and oxygen atoms in total. The van der Waals surface area contributed by atoms with Crippen LogP contribution in [0.4, 0.5) is 10.6 Å². The molecule has 1 aromatic heterocycles. The van der Waals surface area contributed by atoms with E-state index in [-0.39, 0.29) is 28.1 Å². The van der Waals surface area contributed by atoms with Gasteiger partial charge in [0.1, 0.15) is 18.1 Å². The number of anilines is 1. The van der Waals surface area contributed by atoms with E-state index in [9.17, 15) is 9.59 Å². The first-order valence-electron chi connectivity index (χ1n) is 11.8. The minimum atomic E-state index is -2.09.